The average molecular weight is 273 g/mol. The van der Waals surface area contributed by atoms with Crippen LogP contribution in [0.5, 0.6) is 0 Å². The molecule has 0 aromatic heterocycles. The second-order valence-corrected chi connectivity index (χ2v) is 4.53. The van der Waals surface area contributed by atoms with Gasteiger partial charge in [0.2, 0.25) is 5.91 Å². The number of hydrogen-bond acceptors (Lipinski definition) is 3. The predicted molar refractivity (Wildman–Crippen MR) is 66.4 cm³/mol. The van der Waals surface area contributed by atoms with Crippen LogP contribution in [0, 0.1) is 0 Å². The summed E-state index contributed by atoms with van der Waals surface area (Å²) in [5.74, 6) is -0.511. The predicted octanol–water partition coefficient (Wildman–Crippen LogP) is 1.84. The van der Waals surface area contributed by atoms with Gasteiger partial charge in [-0.05, 0) is 25.2 Å². The lowest BCUT2D eigenvalue weighted by Gasteiger charge is -2.15. The highest BCUT2D eigenvalue weighted by Crippen LogP contribution is 2.29. The van der Waals surface area contributed by atoms with Crippen molar-refractivity contribution >= 4 is 40.7 Å². The van der Waals surface area contributed by atoms with Crippen molar-refractivity contribution in [1.82, 2.24) is 5.32 Å². The number of anilines is 1. The monoisotopic (exact) mass is 272 g/mol. The third kappa shape index (κ3) is 2.16. The van der Waals surface area contributed by atoms with Gasteiger partial charge in [-0.15, -0.1) is 0 Å². The molecular formula is C11H10Cl2N2O2. The van der Waals surface area contributed by atoms with Gasteiger partial charge in [0.15, 0.2) is 0 Å². The number of nitrogens with one attached hydrogen (secondary N) is 1. The van der Waals surface area contributed by atoms with Crippen molar-refractivity contribution < 1.29 is 9.59 Å². The fourth-order valence-corrected chi connectivity index (χ4v) is 2.05. The van der Waals surface area contributed by atoms with E-state index in [9.17, 15) is 9.59 Å². The molecule has 1 N–H and O–H groups in total. The third-order valence-corrected chi connectivity index (χ3v) is 3.40. The Morgan fingerprint density at radius 1 is 1.29 bits per heavy atom. The zero-order valence-electron chi connectivity index (χ0n) is 9.04. The maximum atomic E-state index is 11.9. The summed E-state index contributed by atoms with van der Waals surface area (Å²) < 4.78 is 0. The Kier molecular flexibility index (Phi) is 3.38. The van der Waals surface area contributed by atoms with E-state index in [4.69, 9.17) is 23.2 Å². The minimum atomic E-state index is -0.461. The van der Waals surface area contributed by atoms with Crippen LogP contribution in [-0.4, -0.2) is 24.9 Å². The average Bonchev–Trinajstić information content (AvgIpc) is 2.58. The van der Waals surface area contributed by atoms with Gasteiger partial charge in [-0.2, -0.15) is 0 Å². The molecule has 0 saturated carbocycles. The molecule has 1 aliphatic rings. The van der Waals surface area contributed by atoms with Gasteiger partial charge in [-0.1, -0.05) is 23.2 Å². The van der Waals surface area contributed by atoms with E-state index < -0.39 is 6.04 Å². The van der Waals surface area contributed by atoms with Gasteiger partial charge >= 0.3 is 0 Å². The Morgan fingerprint density at radius 2 is 2.00 bits per heavy atom. The lowest BCUT2D eigenvalue weighted by molar-refractivity contribution is -0.121. The number of imide groups is 1. The highest BCUT2D eigenvalue weighted by atomic mass is 35.5. The first kappa shape index (κ1) is 12.4. The highest BCUT2D eigenvalue weighted by Gasteiger charge is 2.38. The van der Waals surface area contributed by atoms with Gasteiger partial charge in [0.25, 0.3) is 5.91 Å². The van der Waals surface area contributed by atoms with Crippen molar-refractivity contribution in [2.45, 2.75) is 12.5 Å². The van der Waals surface area contributed by atoms with Crippen LogP contribution in [0.25, 0.3) is 0 Å². The second-order valence-electron chi connectivity index (χ2n) is 3.71. The molecule has 0 radical (unpaired) electrons. The molecule has 0 spiro atoms. The minimum absolute atomic E-state index is 0.162. The summed E-state index contributed by atoms with van der Waals surface area (Å²) in [4.78, 5) is 24.8. The fraction of sp³-hybridized carbons (Fsp3) is 0.273. The first-order valence-corrected chi connectivity index (χ1v) is 5.79. The summed E-state index contributed by atoms with van der Waals surface area (Å²) in [7, 11) is 1.65. The van der Waals surface area contributed by atoms with Crippen LogP contribution in [0.15, 0.2) is 18.2 Å². The van der Waals surface area contributed by atoms with E-state index in [1.807, 2.05) is 0 Å². The van der Waals surface area contributed by atoms with Crippen molar-refractivity contribution in [3.8, 4) is 0 Å². The number of amides is 2. The van der Waals surface area contributed by atoms with E-state index in [1.54, 1.807) is 19.2 Å². The van der Waals surface area contributed by atoms with Crippen LogP contribution in [0.4, 0.5) is 5.69 Å². The molecule has 1 atom stereocenters. The topological polar surface area (TPSA) is 49.4 Å². The van der Waals surface area contributed by atoms with Crippen molar-refractivity contribution in [2.24, 2.45) is 0 Å². The lowest BCUT2D eigenvalue weighted by Crippen LogP contribution is -2.37. The molecule has 17 heavy (non-hydrogen) atoms. The SMILES string of the molecule is CNC1CC(=O)N(c2ccc(Cl)c(Cl)c2)C1=O. The maximum absolute atomic E-state index is 11.9. The van der Waals surface area contributed by atoms with Crippen molar-refractivity contribution in [3.63, 3.8) is 0 Å². The summed E-state index contributed by atoms with van der Waals surface area (Å²) in [6.45, 7) is 0. The van der Waals surface area contributed by atoms with Crippen LogP contribution in [-0.2, 0) is 9.59 Å². The Balaban J connectivity index is 2.36. The van der Waals surface area contributed by atoms with Gasteiger partial charge in [-0.3, -0.25) is 9.59 Å². The summed E-state index contributed by atoms with van der Waals surface area (Å²) in [5, 5.41) is 3.50. The number of carbonyl (C=O) groups excluding carboxylic acids is 2. The van der Waals surface area contributed by atoms with E-state index in [0.29, 0.717) is 15.7 Å². The Morgan fingerprint density at radius 3 is 2.53 bits per heavy atom. The van der Waals surface area contributed by atoms with Gasteiger partial charge in [-0.25, -0.2) is 4.90 Å². The largest absolute Gasteiger partial charge is 0.308 e. The minimum Gasteiger partial charge on any atom is -0.308 e. The standard InChI is InChI=1S/C11H10Cl2N2O2/c1-14-9-5-10(16)15(11(9)17)6-2-3-7(12)8(13)4-6/h2-4,9,14H,5H2,1H3. The molecule has 0 bridgehead atoms. The van der Waals surface area contributed by atoms with Crippen molar-refractivity contribution in [2.75, 3.05) is 11.9 Å². The molecule has 1 saturated heterocycles. The molecule has 0 aliphatic carbocycles. The molecule has 90 valence electrons. The number of hydrogen-bond donors (Lipinski definition) is 1. The number of rotatable bonds is 2. The summed E-state index contributed by atoms with van der Waals surface area (Å²) in [5.41, 5.74) is 0.451. The van der Waals surface area contributed by atoms with Crippen LogP contribution in [0.1, 0.15) is 6.42 Å². The molecule has 1 aromatic carbocycles. The van der Waals surface area contributed by atoms with E-state index in [2.05, 4.69) is 5.32 Å². The van der Waals surface area contributed by atoms with Gasteiger partial charge in [0, 0.05) is 0 Å². The summed E-state index contributed by atoms with van der Waals surface area (Å²) in [6, 6.07) is 4.21. The molecule has 1 fully saturated rings. The zero-order valence-corrected chi connectivity index (χ0v) is 10.5. The van der Waals surface area contributed by atoms with E-state index in [0.717, 1.165) is 4.90 Å². The van der Waals surface area contributed by atoms with E-state index >= 15 is 0 Å². The van der Waals surface area contributed by atoms with Crippen LogP contribution in [0.3, 0.4) is 0 Å². The van der Waals surface area contributed by atoms with E-state index in [1.165, 1.54) is 6.07 Å². The normalized spacial score (nSPS) is 20.2. The fourth-order valence-electron chi connectivity index (χ4n) is 1.75. The smallest absolute Gasteiger partial charge is 0.251 e. The molecule has 4 nitrogen and oxygen atoms in total. The molecule has 1 heterocycles. The summed E-state index contributed by atoms with van der Waals surface area (Å²) in [6.07, 6.45) is 0.162. The third-order valence-electron chi connectivity index (χ3n) is 2.66. The quantitative estimate of drug-likeness (QED) is 0.836. The first-order chi connectivity index (χ1) is 8.04. The molecule has 1 unspecified atom stereocenters. The molecule has 1 aliphatic heterocycles. The number of halogens is 2. The van der Waals surface area contributed by atoms with Crippen molar-refractivity contribution in [1.29, 1.82) is 0 Å². The molecular weight excluding hydrogens is 263 g/mol. The highest BCUT2D eigenvalue weighted by molar-refractivity contribution is 6.42. The van der Waals surface area contributed by atoms with E-state index in [-0.39, 0.29) is 18.2 Å². The molecule has 2 amide bonds. The Labute approximate surface area is 108 Å². The van der Waals surface area contributed by atoms with Crippen molar-refractivity contribution in [3.05, 3.63) is 28.2 Å². The maximum Gasteiger partial charge on any atom is 0.251 e. The van der Waals surface area contributed by atoms with Gasteiger partial charge in [0.05, 0.1) is 28.2 Å². The van der Waals surface area contributed by atoms with Crippen LogP contribution < -0.4 is 10.2 Å². The zero-order chi connectivity index (χ0) is 12.6. The molecule has 6 heteroatoms. The van der Waals surface area contributed by atoms with Crippen LogP contribution >= 0.6 is 23.2 Å². The number of carbonyl (C=O) groups is 2. The van der Waals surface area contributed by atoms with Gasteiger partial charge < -0.3 is 5.32 Å². The Bertz CT molecular complexity index is 490. The number of nitrogens with zero attached hydrogens (tertiary/aromatic N) is 1. The molecule has 2 rings (SSSR count). The number of benzene rings is 1. The molecule has 1 aromatic rings. The second kappa shape index (κ2) is 4.64. The number of likely N-dealkylation sites (N-methyl/N-ethyl adjacent to an activating group) is 1. The first-order valence-electron chi connectivity index (χ1n) is 5.03. The van der Waals surface area contributed by atoms with Crippen LogP contribution in [0.2, 0.25) is 10.0 Å². The van der Waals surface area contributed by atoms with Gasteiger partial charge in [0.1, 0.15) is 0 Å². The summed E-state index contributed by atoms with van der Waals surface area (Å²) >= 11 is 11.6. The lowest BCUT2D eigenvalue weighted by atomic mass is 10.2. The Hall–Kier alpha value is -1.10.